The summed E-state index contributed by atoms with van der Waals surface area (Å²) >= 11 is 7.37. The zero-order valence-corrected chi connectivity index (χ0v) is 12.3. The van der Waals surface area contributed by atoms with Crippen LogP contribution in [0, 0.1) is 10.1 Å². The Morgan fingerprint density at radius 1 is 1.40 bits per heavy atom. The number of aliphatic hydroxyl groups excluding tert-OH is 1. The van der Waals surface area contributed by atoms with Crippen LogP contribution in [0.1, 0.15) is 10.4 Å². The molecule has 2 rings (SSSR count). The van der Waals surface area contributed by atoms with E-state index in [1.165, 1.54) is 23.5 Å². The number of anilines is 1. The number of nitrogens with zero attached hydrogens (tertiary/aromatic N) is 2. The van der Waals surface area contributed by atoms with Crippen molar-refractivity contribution < 1.29 is 10.0 Å². The number of non-ortho nitro benzene ring substituents is 1. The van der Waals surface area contributed by atoms with Crippen molar-refractivity contribution in [3.63, 3.8) is 0 Å². The zero-order chi connectivity index (χ0) is 14.7. The molecule has 5 nitrogen and oxygen atoms in total. The van der Waals surface area contributed by atoms with E-state index in [0.717, 1.165) is 14.9 Å². The fourth-order valence-corrected chi connectivity index (χ4v) is 3.08. The molecule has 0 saturated carbocycles. The summed E-state index contributed by atoms with van der Waals surface area (Å²) in [7, 11) is 1.87. The molecule has 106 valence electrons. The second kappa shape index (κ2) is 6.21. The van der Waals surface area contributed by atoms with Crippen LogP contribution in [0.5, 0.6) is 0 Å². The van der Waals surface area contributed by atoms with Crippen LogP contribution in [0.4, 0.5) is 11.4 Å². The summed E-state index contributed by atoms with van der Waals surface area (Å²) in [6.45, 7) is 0.384. The normalized spacial score (nSPS) is 10.6. The molecule has 0 saturated heterocycles. The smallest absolute Gasteiger partial charge is 0.269 e. The highest BCUT2D eigenvalue weighted by molar-refractivity contribution is 7.16. The van der Waals surface area contributed by atoms with Crippen LogP contribution in [0.15, 0.2) is 30.3 Å². The predicted octanol–water partition coefficient (Wildman–Crippen LogP) is 3.44. The van der Waals surface area contributed by atoms with Gasteiger partial charge in [0, 0.05) is 35.3 Å². The number of hydrogen-bond donors (Lipinski definition) is 1. The Morgan fingerprint density at radius 3 is 2.70 bits per heavy atom. The Labute approximate surface area is 125 Å². The summed E-state index contributed by atoms with van der Waals surface area (Å²) in [4.78, 5) is 13.3. The molecule has 0 amide bonds. The molecule has 0 aliphatic carbocycles. The third-order valence-corrected chi connectivity index (χ3v) is 4.09. The van der Waals surface area contributed by atoms with Gasteiger partial charge in [0.25, 0.3) is 5.69 Å². The molecule has 0 radical (unpaired) electrons. The molecule has 0 aliphatic heterocycles. The molecule has 0 unspecified atom stereocenters. The molecule has 0 bridgehead atoms. The number of halogens is 1. The Kier molecular flexibility index (Phi) is 4.59. The van der Waals surface area contributed by atoms with Gasteiger partial charge in [0.15, 0.2) is 0 Å². The Bertz CT molecular complexity index is 630. The SMILES string of the molecule is CN(Cc1ccc(Cl)s1)c1ccc([N+](=O)[O-])cc1CO. The molecule has 1 aromatic carbocycles. The van der Waals surface area contributed by atoms with Crippen molar-refractivity contribution in [2.45, 2.75) is 13.2 Å². The summed E-state index contributed by atoms with van der Waals surface area (Å²) in [5.74, 6) is 0. The molecule has 0 aliphatic rings. The summed E-state index contributed by atoms with van der Waals surface area (Å²) in [5.41, 5.74) is 1.28. The van der Waals surface area contributed by atoms with E-state index in [9.17, 15) is 15.2 Å². The van der Waals surface area contributed by atoms with E-state index in [-0.39, 0.29) is 12.3 Å². The zero-order valence-electron chi connectivity index (χ0n) is 10.7. The van der Waals surface area contributed by atoms with Gasteiger partial charge in [-0.05, 0) is 18.2 Å². The van der Waals surface area contributed by atoms with Gasteiger partial charge in [0.05, 0.1) is 22.4 Å². The van der Waals surface area contributed by atoms with E-state index in [2.05, 4.69) is 0 Å². The third kappa shape index (κ3) is 3.27. The minimum atomic E-state index is -0.470. The first-order valence-corrected chi connectivity index (χ1v) is 7.04. The molecule has 1 N–H and O–H groups in total. The van der Waals surface area contributed by atoms with Gasteiger partial charge in [0.1, 0.15) is 0 Å². The minimum absolute atomic E-state index is 0.0228. The lowest BCUT2D eigenvalue weighted by Crippen LogP contribution is -2.17. The van der Waals surface area contributed by atoms with Crippen LogP contribution in [-0.4, -0.2) is 17.1 Å². The fraction of sp³-hybridized carbons (Fsp3) is 0.231. The molecular weight excluding hydrogens is 300 g/mol. The predicted molar refractivity (Wildman–Crippen MR) is 80.5 cm³/mol. The summed E-state index contributed by atoms with van der Waals surface area (Å²) in [5, 5.41) is 20.1. The highest BCUT2D eigenvalue weighted by atomic mass is 35.5. The first kappa shape index (κ1) is 14.8. The number of benzene rings is 1. The van der Waals surface area contributed by atoms with Crippen molar-refractivity contribution in [3.05, 3.63) is 55.2 Å². The molecule has 0 fully saturated rings. The lowest BCUT2D eigenvalue weighted by atomic mass is 10.1. The number of nitro benzene ring substituents is 1. The van der Waals surface area contributed by atoms with Gasteiger partial charge in [-0.1, -0.05) is 11.6 Å². The second-order valence-corrected chi connectivity index (χ2v) is 6.09. The van der Waals surface area contributed by atoms with Gasteiger partial charge in [-0.25, -0.2) is 0 Å². The van der Waals surface area contributed by atoms with Crippen LogP contribution in [-0.2, 0) is 13.2 Å². The topological polar surface area (TPSA) is 66.6 Å². The van der Waals surface area contributed by atoms with Crippen molar-refractivity contribution in [3.8, 4) is 0 Å². The number of aliphatic hydroxyl groups is 1. The molecular formula is C13H13ClN2O3S. The quantitative estimate of drug-likeness (QED) is 0.678. The Hall–Kier alpha value is -1.63. The summed E-state index contributed by atoms with van der Waals surface area (Å²) in [6, 6.07) is 8.25. The second-order valence-electron chi connectivity index (χ2n) is 4.29. The van der Waals surface area contributed by atoms with Gasteiger partial charge in [0.2, 0.25) is 0 Å². The van der Waals surface area contributed by atoms with Crippen LogP contribution < -0.4 is 4.90 Å². The van der Waals surface area contributed by atoms with E-state index < -0.39 is 4.92 Å². The van der Waals surface area contributed by atoms with Crippen LogP contribution in [0.25, 0.3) is 0 Å². The Balaban J connectivity index is 2.24. The first-order valence-electron chi connectivity index (χ1n) is 5.85. The maximum absolute atomic E-state index is 10.7. The maximum Gasteiger partial charge on any atom is 0.269 e. The van der Waals surface area contributed by atoms with Crippen LogP contribution in [0.2, 0.25) is 4.34 Å². The number of thiophene rings is 1. The monoisotopic (exact) mass is 312 g/mol. The third-order valence-electron chi connectivity index (χ3n) is 2.88. The van der Waals surface area contributed by atoms with E-state index in [4.69, 9.17) is 11.6 Å². The standard InChI is InChI=1S/C13H13ClN2O3S/c1-15(7-11-3-5-13(14)20-11)12-4-2-10(16(18)19)6-9(12)8-17/h2-6,17H,7-8H2,1H3. The summed E-state index contributed by atoms with van der Waals surface area (Å²) in [6.07, 6.45) is 0. The average Bonchev–Trinajstić information content (AvgIpc) is 2.83. The maximum atomic E-state index is 10.7. The lowest BCUT2D eigenvalue weighted by Gasteiger charge is -2.21. The minimum Gasteiger partial charge on any atom is -0.392 e. The Morgan fingerprint density at radius 2 is 2.15 bits per heavy atom. The van der Waals surface area contributed by atoms with Crippen LogP contribution >= 0.6 is 22.9 Å². The summed E-state index contributed by atoms with van der Waals surface area (Å²) < 4.78 is 0.722. The van der Waals surface area contributed by atoms with Crippen molar-refractivity contribution in [2.75, 3.05) is 11.9 Å². The molecule has 0 atom stereocenters. The van der Waals surface area contributed by atoms with Gasteiger partial charge < -0.3 is 10.0 Å². The van der Waals surface area contributed by atoms with Crippen LogP contribution in [0.3, 0.4) is 0 Å². The molecule has 7 heteroatoms. The molecule has 1 aromatic heterocycles. The first-order chi connectivity index (χ1) is 9.51. The van der Waals surface area contributed by atoms with E-state index >= 15 is 0 Å². The van der Waals surface area contributed by atoms with Gasteiger partial charge >= 0.3 is 0 Å². The molecule has 20 heavy (non-hydrogen) atoms. The van der Waals surface area contributed by atoms with Crippen molar-refractivity contribution >= 4 is 34.3 Å². The highest BCUT2D eigenvalue weighted by Crippen LogP contribution is 2.28. The van der Waals surface area contributed by atoms with E-state index in [0.29, 0.717) is 12.1 Å². The van der Waals surface area contributed by atoms with Crippen molar-refractivity contribution in [2.24, 2.45) is 0 Å². The molecule has 2 aromatic rings. The van der Waals surface area contributed by atoms with Gasteiger partial charge in [-0.15, -0.1) is 11.3 Å². The van der Waals surface area contributed by atoms with E-state index in [1.54, 1.807) is 6.07 Å². The van der Waals surface area contributed by atoms with Crippen molar-refractivity contribution in [1.82, 2.24) is 0 Å². The number of rotatable bonds is 5. The van der Waals surface area contributed by atoms with E-state index in [1.807, 2.05) is 24.1 Å². The molecule has 1 heterocycles. The largest absolute Gasteiger partial charge is 0.392 e. The fourth-order valence-electron chi connectivity index (χ4n) is 1.94. The number of hydrogen-bond acceptors (Lipinski definition) is 5. The van der Waals surface area contributed by atoms with Gasteiger partial charge in [-0.3, -0.25) is 10.1 Å². The lowest BCUT2D eigenvalue weighted by molar-refractivity contribution is -0.384. The van der Waals surface area contributed by atoms with Crippen molar-refractivity contribution in [1.29, 1.82) is 0 Å². The number of nitro groups is 1. The molecule has 0 spiro atoms. The van der Waals surface area contributed by atoms with Gasteiger partial charge in [-0.2, -0.15) is 0 Å². The average molecular weight is 313 g/mol. The highest BCUT2D eigenvalue weighted by Gasteiger charge is 2.13.